The van der Waals surface area contributed by atoms with Crippen LogP contribution in [-0.4, -0.2) is 19.1 Å². The van der Waals surface area contributed by atoms with Crippen molar-refractivity contribution >= 4 is 5.97 Å². The molecule has 0 heterocycles. The van der Waals surface area contributed by atoms with E-state index in [0.29, 0.717) is 6.42 Å². The number of ether oxygens (including phenoxy) is 1. The molecule has 0 spiro atoms. The lowest BCUT2D eigenvalue weighted by Gasteiger charge is -2.23. The van der Waals surface area contributed by atoms with Gasteiger partial charge in [-0.3, -0.25) is 4.79 Å². The number of nitrogens with two attached hydrogens (primary N) is 1. The number of hydrogen-bond acceptors (Lipinski definition) is 3. The highest BCUT2D eigenvalue weighted by Gasteiger charge is 2.18. The summed E-state index contributed by atoms with van der Waals surface area (Å²) < 4.78 is 4.59. The average Bonchev–Trinajstić information content (AvgIpc) is 2.19. The lowest BCUT2D eigenvalue weighted by Crippen LogP contribution is -2.28. The minimum atomic E-state index is -0.187. The van der Waals surface area contributed by atoms with E-state index < -0.39 is 0 Å². The van der Waals surface area contributed by atoms with Crippen molar-refractivity contribution in [2.24, 2.45) is 11.7 Å². The Morgan fingerprint density at radius 2 is 2.07 bits per heavy atom. The normalized spacial score (nSPS) is 20.4. The molecule has 0 bridgehead atoms. The van der Waals surface area contributed by atoms with Crippen LogP contribution in [0.1, 0.15) is 44.9 Å². The van der Waals surface area contributed by atoms with E-state index in [2.05, 4.69) is 4.74 Å². The summed E-state index contributed by atoms with van der Waals surface area (Å²) in [4.78, 5) is 11.0. The van der Waals surface area contributed by atoms with Gasteiger partial charge in [0.2, 0.25) is 0 Å². The Labute approximate surface area is 86.0 Å². The summed E-state index contributed by atoms with van der Waals surface area (Å²) in [6, 6.07) is -0.00875. The number of hydrogen-bond donors (Lipinski definition) is 1. The Kier molecular flexibility index (Phi) is 4.94. The summed E-state index contributed by atoms with van der Waals surface area (Å²) in [5, 5.41) is 0. The summed E-state index contributed by atoms with van der Waals surface area (Å²) in [6.07, 6.45) is 7.94. The second kappa shape index (κ2) is 6.02. The maximum absolute atomic E-state index is 11.0. The molecule has 0 amide bonds. The first-order valence-electron chi connectivity index (χ1n) is 5.54. The van der Waals surface area contributed by atoms with Crippen LogP contribution < -0.4 is 5.73 Å². The fraction of sp³-hybridized carbons (Fsp3) is 0.909. The van der Waals surface area contributed by atoms with Crippen LogP contribution in [0.25, 0.3) is 0 Å². The second-order valence-electron chi connectivity index (χ2n) is 4.28. The highest BCUT2D eigenvalue weighted by atomic mass is 16.5. The predicted octanol–water partition coefficient (Wildman–Crippen LogP) is 1.85. The number of esters is 1. The molecule has 1 fully saturated rings. The van der Waals surface area contributed by atoms with E-state index in [0.717, 1.165) is 12.3 Å². The van der Waals surface area contributed by atoms with Crippen molar-refractivity contribution in [3.8, 4) is 0 Å². The third-order valence-corrected chi connectivity index (χ3v) is 3.02. The molecule has 1 aliphatic rings. The minimum absolute atomic E-state index is 0.00875. The van der Waals surface area contributed by atoms with Crippen molar-refractivity contribution in [3.63, 3.8) is 0 Å². The van der Waals surface area contributed by atoms with Gasteiger partial charge in [0, 0.05) is 6.04 Å². The van der Waals surface area contributed by atoms with E-state index in [1.54, 1.807) is 0 Å². The van der Waals surface area contributed by atoms with Crippen LogP contribution >= 0.6 is 0 Å². The van der Waals surface area contributed by atoms with Gasteiger partial charge in [0.1, 0.15) is 0 Å². The van der Waals surface area contributed by atoms with Crippen LogP contribution in [0.5, 0.6) is 0 Å². The van der Waals surface area contributed by atoms with Crippen LogP contribution in [0.3, 0.4) is 0 Å². The molecule has 1 aliphatic carbocycles. The quantitative estimate of drug-likeness (QED) is 0.703. The van der Waals surface area contributed by atoms with Crippen molar-refractivity contribution in [1.82, 2.24) is 0 Å². The molecule has 14 heavy (non-hydrogen) atoms. The van der Waals surface area contributed by atoms with Gasteiger partial charge in [0.05, 0.1) is 13.5 Å². The van der Waals surface area contributed by atoms with E-state index in [9.17, 15) is 4.79 Å². The summed E-state index contributed by atoms with van der Waals surface area (Å²) >= 11 is 0. The Morgan fingerprint density at radius 1 is 1.43 bits per heavy atom. The zero-order valence-corrected chi connectivity index (χ0v) is 9.00. The number of methoxy groups -OCH3 is 1. The molecule has 0 aromatic rings. The molecule has 1 rings (SSSR count). The van der Waals surface area contributed by atoms with Gasteiger partial charge in [0.25, 0.3) is 0 Å². The van der Waals surface area contributed by atoms with Gasteiger partial charge in [-0.2, -0.15) is 0 Å². The van der Waals surface area contributed by atoms with E-state index in [1.807, 2.05) is 0 Å². The van der Waals surface area contributed by atoms with E-state index in [-0.39, 0.29) is 12.0 Å². The standard InChI is InChI=1S/C11H21NO2/c1-14-11(13)8-10(12)7-9-5-3-2-4-6-9/h9-10H,2-8,12H2,1H3/t10-/m1/s1. The van der Waals surface area contributed by atoms with Crippen molar-refractivity contribution in [1.29, 1.82) is 0 Å². The summed E-state index contributed by atoms with van der Waals surface area (Å²) in [5.74, 6) is 0.553. The van der Waals surface area contributed by atoms with Crippen LogP contribution in [0.2, 0.25) is 0 Å². The molecule has 0 aliphatic heterocycles. The molecule has 0 aromatic carbocycles. The minimum Gasteiger partial charge on any atom is -0.469 e. The molecule has 1 saturated carbocycles. The first-order valence-corrected chi connectivity index (χ1v) is 5.54. The molecule has 0 unspecified atom stereocenters. The van der Waals surface area contributed by atoms with Crippen LogP contribution in [0, 0.1) is 5.92 Å². The summed E-state index contributed by atoms with van der Waals surface area (Å²) in [6.45, 7) is 0. The van der Waals surface area contributed by atoms with Crippen molar-refractivity contribution in [2.75, 3.05) is 7.11 Å². The fourth-order valence-electron chi connectivity index (χ4n) is 2.23. The van der Waals surface area contributed by atoms with Crippen molar-refractivity contribution < 1.29 is 9.53 Å². The SMILES string of the molecule is COC(=O)C[C@H](N)CC1CCCCC1. The van der Waals surface area contributed by atoms with Crippen molar-refractivity contribution in [3.05, 3.63) is 0 Å². The lowest BCUT2D eigenvalue weighted by atomic mass is 9.84. The van der Waals surface area contributed by atoms with Gasteiger partial charge >= 0.3 is 5.97 Å². The Hall–Kier alpha value is -0.570. The third kappa shape index (κ3) is 4.09. The highest BCUT2D eigenvalue weighted by molar-refractivity contribution is 5.69. The van der Waals surface area contributed by atoms with Crippen molar-refractivity contribution in [2.45, 2.75) is 51.0 Å². The smallest absolute Gasteiger partial charge is 0.307 e. The maximum atomic E-state index is 11.0. The first kappa shape index (κ1) is 11.5. The van der Waals surface area contributed by atoms with Crippen LogP contribution in [0.4, 0.5) is 0 Å². The van der Waals surface area contributed by atoms with Gasteiger partial charge < -0.3 is 10.5 Å². The molecule has 1 atom stereocenters. The Balaban J connectivity index is 2.18. The monoisotopic (exact) mass is 199 g/mol. The fourth-order valence-corrected chi connectivity index (χ4v) is 2.23. The Bertz CT molecular complexity index is 176. The number of carbonyl (C=O) groups excluding carboxylic acids is 1. The molecule has 3 heteroatoms. The van der Waals surface area contributed by atoms with Gasteiger partial charge in [-0.1, -0.05) is 32.1 Å². The van der Waals surface area contributed by atoms with E-state index in [4.69, 9.17) is 5.73 Å². The lowest BCUT2D eigenvalue weighted by molar-refractivity contribution is -0.141. The molecular weight excluding hydrogens is 178 g/mol. The van der Waals surface area contributed by atoms with Gasteiger partial charge in [-0.05, 0) is 12.3 Å². The topological polar surface area (TPSA) is 52.3 Å². The van der Waals surface area contributed by atoms with Gasteiger partial charge in [-0.15, -0.1) is 0 Å². The summed E-state index contributed by atoms with van der Waals surface area (Å²) in [5.41, 5.74) is 5.88. The zero-order valence-electron chi connectivity index (χ0n) is 9.00. The average molecular weight is 199 g/mol. The molecule has 0 radical (unpaired) electrons. The molecule has 3 nitrogen and oxygen atoms in total. The van der Waals surface area contributed by atoms with Crippen LogP contribution in [-0.2, 0) is 9.53 Å². The highest BCUT2D eigenvalue weighted by Crippen LogP contribution is 2.27. The zero-order chi connectivity index (χ0) is 10.4. The van der Waals surface area contributed by atoms with E-state index in [1.165, 1.54) is 39.2 Å². The maximum Gasteiger partial charge on any atom is 0.307 e. The largest absolute Gasteiger partial charge is 0.469 e. The molecule has 0 aromatic heterocycles. The third-order valence-electron chi connectivity index (χ3n) is 3.02. The van der Waals surface area contributed by atoms with Crippen LogP contribution in [0.15, 0.2) is 0 Å². The molecule has 2 N–H and O–H groups in total. The molecule has 82 valence electrons. The van der Waals surface area contributed by atoms with E-state index >= 15 is 0 Å². The summed E-state index contributed by atoms with van der Waals surface area (Å²) in [7, 11) is 1.41. The Morgan fingerprint density at radius 3 is 2.64 bits per heavy atom. The van der Waals surface area contributed by atoms with Gasteiger partial charge in [-0.25, -0.2) is 0 Å². The molecular formula is C11H21NO2. The number of rotatable bonds is 4. The predicted molar refractivity (Wildman–Crippen MR) is 55.8 cm³/mol. The molecule has 0 saturated heterocycles. The van der Waals surface area contributed by atoms with Gasteiger partial charge in [0.15, 0.2) is 0 Å². The second-order valence-corrected chi connectivity index (χ2v) is 4.28. The number of carbonyl (C=O) groups is 1. The first-order chi connectivity index (χ1) is 6.72.